The average Bonchev–Trinajstić information content (AvgIpc) is 3.35. The van der Waals surface area contributed by atoms with Crippen LogP contribution < -0.4 is 10.6 Å². The Kier molecular flexibility index (Phi) is 38.1. The van der Waals surface area contributed by atoms with Crippen molar-refractivity contribution < 1.29 is 71.8 Å². The summed E-state index contributed by atoms with van der Waals surface area (Å²) in [5, 5.41) is 14.5. The van der Waals surface area contributed by atoms with E-state index in [4.69, 9.17) is 28.8 Å². The molecule has 0 aliphatic rings. The molecule has 4 aromatic carbocycles. The van der Waals surface area contributed by atoms with E-state index in [1.807, 2.05) is 43.3 Å². The minimum Gasteiger partial charge on any atom is -0.465 e. The molecule has 21 heteroatoms. The van der Waals surface area contributed by atoms with Gasteiger partial charge in [-0.05, 0) is 186 Å². The molecule has 0 saturated carbocycles. The number of carbonyl (C=O) groups excluding carboxylic acids is 6. The predicted octanol–water partition coefficient (Wildman–Crippen LogP) is 14.6. The van der Waals surface area contributed by atoms with E-state index < -0.39 is 29.4 Å². The van der Waals surface area contributed by atoms with Crippen molar-refractivity contribution in [3.63, 3.8) is 0 Å². The first-order valence-electron chi connectivity index (χ1n) is 24.5. The quantitative estimate of drug-likeness (QED) is 0.0539. The van der Waals surface area contributed by atoms with Crippen LogP contribution in [0.25, 0.3) is 0 Å². The summed E-state index contributed by atoms with van der Waals surface area (Å²) in [6.07, 6.45) is -1.13. The normalized spacial score (nSPS) is 10.9. The Morgan fingerprint density at radius 1 is 0.532 bits per heavy atom. The first kappa shape index (κ1) is 76.2. The topological polar surface area (TPSA) is 221 Å². The number of aryl methyl sites for hydroxylation is 1. The molecule has 0 aliphatic heterocycles. The van der Waals surface area contributed by atoms with Gasteiger partial charge in [-0.25, -0.2) is 28.8 Å². The molecule has 2 amide bonds. The molecule has 1 atom stereocenters. The van der Waals surface area contributed by atoms with E-state index in [0.717, 1.165) is 47.6 Å². The average molecular weight is 1370 g/mol. The molecule has 79 heavy (non-hydrogen) atoms. The summed E-state index contributed by atoms with van der Waals surface area (Å²) in [6, 6.07) is 21.3. The lowest BCUT2D eigenvalue weighted by Crippen LogP contribution is -2.39. The molecule has 0 aliphatic carbocycles. The van der Waals surface area contributed by atoms with Gasteiger partial charge in [0.2, 0.25) is 0 Å². The molecular formula is C58H82Br4N2O15. The number of ether oxygens (including phenoxy) is 8. The number of anilines is 1. The molecule has 17 nitrogen and oxygen atoms in total. The molecule has 4 aromatic rings. The molecule has 4 rings (SSSR count). The Morgan fingerprint density at radius 3 is 1.25 bits per heavy atom. The Bertz CT molecular complexity index is 2530. The summed E-state index contributed by atoms with van der Waals surface area (Å²) >= 11 is 13.3. The third kappa shape index (κ3) is 33.5. The third-order valence-electron chi connectivity index (χ3n) is 9.16. The highest BCUT2D eigenvalue weighted by atomic mass is 79.9. The second kappa shape index (κ2) is 39.5. The number of rotatable bonds is 16. The Labute approximate surface area is 501 Å². The zero-order chi connectivity index (χ0) is 59.9. The Balaban J connectivity index is 0. The highest BCUT2D eigenvalue weighted by molar-refractivity contribution is 9.11. The fraction of sp³-hybridized carbons (Fsp3) is 0.483. The number of hydrogen-bond acceptors (Lipinski definition) is 15. The van der Waals surface area contributed by atoms with Crippen LogP contribution in [-0.4, -0.2) is 107 Å². The number of hydrogen-bond donors (Lipinski definition) is 3. The maximum atomic E-state index is 12.0. The van der Waals surface area contributed by atoms with Gasteiger partial charge >= 0.3 is 36.1 Å². The highest BCUT2D eigenvalue weighted by Gasteiger charge is 2.21. The number of alkyl carbamates (subject to hydrolysis) is 1. The van der Waals surface area contributed by atoms with E-state index in [-0.39, 0.29) is 43.5 Å². The van der Waals surface area contributed by atoms with Gasteiger partial charge in [0, 0.05) is 32.0 Å². The first-order chi connectivity index (χ1) is 36.3. The second-order valence-corrected chi connectivity index (χ2v) is 22.9. The molecule has 0 saturated heterocycles. The lowest BCUT2D eigenvalue weighted by Gasteiger charge is -2.21. The van der Waals surface area contributed by atoms with Crippen LogP contribution in [0.4, 0.5) is 15.3 Å². The van der Waals surface area contributed by atoms with Gasteiger partial charge in [0.1, 0.15) is 11.2 Å². The van der Waals surface area contributed by atoms with E-state index in [0.29, 0.717) is 54.0 Å². The van der Waals surface area contributed by atoms with Crippen molar-refractivity contribution in [3.05, 3.63) is 131 Å². The molecule has 0 unspecified atom stereocenters. The number of nitrogens with one attached hydrogen (secondary N) is 2. The standard InChI is InChI=1S/C18H27NO5.C13H17BrO3.C9H8Br2O2.C9H9BrO2.C8H17NO3.CH4/c1-12(2)10-23-11-13-7-8-14(16(20)22-6)15(9-13)19-17(21)24-18(3,4)5;1-9(2)7-17-8-10-4-5-11(12(14)6-10)13(15)16-3;1-13-9(12)7-3-2-6(5-10)4-8(7)11;1-6-3-4-7(8(10)5-6)9(11)12-2;1-6(5-10)9-7(11)12-8(2,3)4;/h7-9,12H,10-11H2,1-6H3,(H,19,21);4-6,9H,7-8H2,1-3H3;2-4H,5H2,1H3;3-5H,1-2H3;6,10H,5H2,1-4H3,(H,9,11);1H4/t;;;;6-;/m....1./s1. The Hall–Kier alpha value is -4.90. The monoisotopic (exact) mass is 1360 g/mol. The molecule has 0 radical (unpaired) electrons. The van der Waals surface area contributed by atoms with E-state index in [1.54, 1.807) is 84.9 Å². The van der Waals surface area contributed by atoms with E-state index >= 15 is 0 Å². The largest absolute Gasteiger partial charge is 0.465 e. The van der Waals surface area contributed by atoms with Crippen molar-refractivity contribution in [2.24, 2.45) is 11.8 Å². The van der Waals surface area contributed by atoms with Crippen LogP contribution in [0, 0.1) is 18.8 Å². The molecule has 0 bridgehead atoms. The van der Waals surface area contributed by atoms with Gasteiger partial charge < -0.3 is 48.3 Å². The van der Waals surface area contributed by atoms with Crippen LogP contribution in [0.15, 0.2) is 86.2 Å². The number of methoxy groups -OCH3 is 4. The third-order valence-corrected chi connectivity index (χ3v) is 11.8. The number of amides is 2. The predicted molar refractivity (Wildman–Crippen MR) is 323 cm³/mol. The molecule has 0 heterocycles. The number of aliphatic hydroxyl groups excluding tert-OH is 1. The van der Waals surface area contributed by atoms with Crippen molar-refractivity contribution >= 4 is 105 Å². The minimum atomic E-state index is -0.632. The van der Waals surface area contributed by atoms with Gasteiger partial charge in [-0.2, -0.15) is 0 Å². The summed E-state index contributed by atoms with van der Waals surface area (Å²) < 4.78 is 42.2. The lowest BCUT2D eigenvalue weighted by molar-refractivity contribution is 0.0486. The van der Waals surface area contributed by atoms with Gasteiger partial charge in [-0.15, -0.1) is 0 Å². The van der Waals surface area contributed by atoms with Crippen LogP contribution in [0.2, 0.25) is 0 Å². The van der Waals surface area contributed by atoms with Crippen molar-refractivity contribution in [1.82, 2.24) is 5.32 Å². The second-order valence-electron chi connectivity index (χ2n) is 19.8. The number of aliphatic hydroxyl groups is 1. The molecule has 3 N–H and O–H groups in total. The van der Waals surface area contributed by atoms with E-state index in [1.165, 1.54) is 28.4 Å². The minimum absolute atomic E-state index is 0. The maximum Gasteiger partial charge on any atom is 0.412 e. The fourth-order valence-electron chi connectivity index (χ4n) is 5.60. The summed E-state index contributed by atoms with van der Waals surface area (Å²) in [7, 11) is 5.40. The van der Waals surface area contributed by atoms with Gasteiger partial charge in [0.25, 0.3) is 0 Å². The van der Waals surface area contributed by atoms with E-state index in [9.17, 15) is 28.8 Å². The number of alkyl halides is 1. The number of halogens is 4. The zero-order valence-electron chi connectivity index (χ0n) is 47.6. The summed E-state index contributed by atoms with van der Waals surface area (Å²) in [4.78, 5) is 68.5. The van der Waals surface area contributed by atoms with Crippen LogP contribution in [0.5, 0.6) is 0 Å². The van der Waals surface area contributed by atoms with Crippen LogP contribution in [0.1, 0.15) is 147 Å². The molecule has 0 spiro atoms. The molecule has 0 fully saturated rings. The fourth-order valence-corrected chi connectivity index (χ4v) is 7.78. The van der Waals surface area contributed by atoms with Crippen molar-refractivity contribution in [2.45, 2.75) is 126 Å². The van der Waals surface area contributed by atoms with Crippen molar-refractivity contribution in [1.29, 1.82) is 0 Å². The molecule has 442 valence electrons. The first-order valence-corrected chi connectivity index (χ1v) is 28.0. The number of carbonyl (C=O) groups is 6. The number of esters is 4. The summed E-state index contributed by atoms with van der Waals surface area (Å²) in [5.74, 6) is -0.566. The van der Waals surface area contributed by atoms with Gasteiger partial charge in [0.15, 0.2) is 0 Å². The summed E-state index contributed by atoms with van der Waals surface area (Å²) in [6.45, 7) is 24.9. The zero-order valence-corrected chi connectivity index (χ0v) is 53.9. The van der Waals surface area contributed by atoms with Gasteiger partial charge in [-0.3, -0.25) is 5.32 Å². The Morgan fingerprint density at radius 2 is 0.886 bits per heavy atom. The van der Waals surface area contributed by atoms with Crippen LogP contribution >= 0.6 is 63.7 Å². The smallest absolute Gasteiger partial charge is 0.412 e. The van der Waals surface area contributed by atoms with Crippen LogP contribution in [0.3, 0.4) is 0 Å². The van der Waals surface area contributed by atoms with Crippen LogP contribution in [-0.2, 0) is 56.4 Å². The number of benzene rings is 4. The molecule has 0 aromatic heterocycles. The lowest BCUT2D eigenvalue weighted by atomic mass is 10.1. The van der Waals surface area contributed by atoms with Crippen molar-refractivity contribution in [2.75, 3.05) is 53.6 Å². The SMILES string of the molecule is C.COC(=O)c1ccc(C)cc1Br.COC(=O)c1ccc(CBr)cc1Br.COC(=O)c1ccc(COCC(C)C)cc1Br.COC(=O)c1ccc(COCC(C)C)cc1NC(=O)OC(C)(C)C.C[C@H](CO)NC(=O)OC(C)(C)C. The van der Waals surface area contributed by atoms with Crippen molar-refractivity contribution in [3.8, 4) is 0 Å². The van der Waals surface area contributed by atoms with Gasteiger partial charge in [-0.1, -0.05) is 75.3 Å². The van der Waals surface area contributed by atoms with Gasteiger partial charge in [0.05, 0.1) is 82.2 Å². The molecular weight excluding hydrogens is 1280 g/mol. The van der Waals surface area contributed by atoms with E-state index in [2.05, 4.69) is 116 Å². The summed E-state index contributed by atoms with van der Waals surface area (Å²) in [5.41, 5.74) is 5.20. The highest BCUT2D eigenvalue weighted by Crippen LogP contribution is 2.24. The maximum absolute atomic E-state index is 12.0.